The largest absolute Gasteiger partial charge is 1.00 e. The molecule has 0 aliphatic carbocycles. The van der Waals surface area contributed by atoms with E-state index in [1.54, 1.807) is 0 Å². The maximum atomic E-state index is 3.45. The summed E-state index contributed by atoms with van der Waals surface area (Å²) in [5.41, 5.74) is 10.4. The van der Waals surface area contributed by atoms with E-state index < -0.39 is 0 Å². The molecule has 0 aliphatic heterocycles. The van der Waals surface area contributed by atoms with Gasteiger partial charge in [-0.05, 0) is 63.8 Å². The van der Waals surface area contributed by atoms with Gasteiger partial charge in [0.25, 0.3) is 5.82 Å². The van der Waals surface area contributed by atoms with Crippen molar-refractivity contribution in [3.63, 3.8) is 0 Å². The smallest absolute Gasteiger partial charge is 0.292 e. The zero-order valence-corrected chi connectivity index (χ0v) is 16.0. The highest BCUT2D eigenvalue weighted by atomic mass is 35.5. The molecule has 1 heterocycles. The van der Waals surface area contributed by atoms with Crippen LogP contribution >= 0.6 is 0 Å². The first kappa shape index (κ1) is 18.3. The van der Waals surface area contributed by atoms with Crippen LogP contribution in [0.15, 0.2) is 36.7 Å². The zero-order valence-electron chi connectivity index (χ0n) is 15.3. The molecule has 0 bridgehead atoms. The minimum atomic E-state index is 0. The molecular formula is C21H25ClN2. The van der Waals surface area contributed by atoms with Crippen molar-refractivity contribution in [2.45, 2.75) is 41.5 Å². The SMILES string of the molecule is Cc1cc(C)c(-c2[nH]cc[n+]2-c2c(C)cc(C)cc2C)c(C)c1.[Cl-]. The summed E-state index contributed by atoms with van der Waals surface area (Å²) in [5.74, 6) is 1.15. The second-order valence-corrected chi connectivity index (χ2v) is 6.70. The molecule has 3 rings (SSSR count). The molecule has 3 heteroatoms. The van der Waals surface area contributed by atoms with E-state index in [-0.39, 0.29) is 12.4 Å². The number of aromatic nitrogens is 2. The third kappa shape index (κ3) is 3.11. The van der Waals surface area contributed by atoms with Crippen LogP contribution in [0.4, 0.5) is 0 Å². The number of benzene rings is 2. The first-order chi connectivity index (χ1) is 10.9. The number of nitrogens with zero attached hydrogens (tertiary/aromatic N) is 1. The minimum absolute atomic E-state index is 0. The molecule has 0 saturated carbocycles. The van der Waals surface area contributed by atoms with Crippen molar-refractivity contribution in [3.05, 3.63) is 70.0 Å². The van der Waals surface area contributed by atoms with Gasteiger partial charge >= 0.3 is 0 Å². The molecule has 0 saturated heterocycles. The van der Waals surface area contributed by atoms with Crippen LogP contribution in [0.25, 0.3) is 17.1 Å². The van der Waals surface area contributed by atoms with E-state index in [1.165, 1.54) is 44.6 Å². The molecule has 126 valence electrons. The number of hydrogen-bond acceptors (Lipinski definition) is 0. The Bertz CT molecular complexity index is 773. The normalized spacial score (nSPS) is 10.6. The molecule has 2 aromatic carbocycles. The van der Waals surface area contributed by atoms with Gasteiger partial charge in [0.2, 0.25) is 0 Å². The average molecular weight is 341 g/mol. The molecule has 0 atom stereocenters. The molecule has 24 heavy (non-hydrogen) atoms. The number of imidazole rings is 1. The van der Waals surface area contributed by atoms with Crippen LogP contribution in [0, 0.1) is 41.5 Å². The Morgan fingerprint density at radius 2 is 1.17 bits per heavy atom. The zero-order chi connectivity index (χ0) is 16.7. The van der Waals surface area contributed by atoms with E-state index in [9.17, 15) is 0 Å². The van der Waals surface area contributed by atoms with Crippen molar-refractivity contribution in [2.24, 2.45) is 0 Å². The van der Waals surface area contributed by atoms with Gasteiger partial charge in [0.15, 0.2) is 0 Å². The Morgan fingerprint density at radius 1 is 0.708 bits per heavy atom. The fraction of sp³-hybridized carbons (Fsp3) is 0.286. The summed E-state index contributed by atoms with van der Waals surface area (Å²) in [5, 5.41) is 0. The molecular weight excluding hydrogens is 316 g/mol. The Kier molecular flexibility index (Phi) is 5.19. The van der Waals surface area contributed by atoms with Crippen LogP contribution in [0.1, 0.15) is 33.4 Å². The molecule has 1 aromatic heterocycles. The number of halogens is 1. The number of H-pyrrole nitrogens is 1. The van der Waals surface area contributed by atoms with Crippen LogP contribution in [0.5, 0.6) is 0 Å². The molecule has 0 fully saturated rings. The molecule has 2 nitrogen and oxygen atoms in total. The van der Waals surface area contributed by atoms with Gasteiger partial charge in [-0.2, -0.15) is 4.57 Å². The van der Waals surface area contributed by atoms with E-state index in [0.29, 0.717) is 0 Å². The number of rotatable bonds is 2. The van der Waals surface area contributed by atoms with Crippen molar-refractivity contribution >= 4 is 0 Å². The van der Waals surface area contributed by atoms with Crippen molar-refractivity contribution in [1.82, 2.24) is 4.98 Å². The highest BCUT2D eigenvalue weighted by Gasteiger charge is 2.22. The van der Waals surface area contributed by atoms with Gasteiger partial charge in [0, 0.05) is 0 Å². The Morgan fingerprint density at radius 3 is 1.67 bits per heavy atom. The molecule has 3 aromatic rings. The van der Waals surface area contributed by atoms with Gasteiger partial charge in [-0.1, -0.05) is 35.4 Å². The summed E-state index contributed by atoms with van der Waals surface area (Å²) in [6, 6.07) is 9.01. The molecule has 1 N–H and O–H groups in total. The number of aryl methyl sites for hydroxylation is 6. The summed E-state index contributed by atoms with van der Waals surface area (Å²) in [6.07, 6.45) is 4.14. The van der Waals surface area contributed by atoms with E-state index in [0.717, 1.165) is 5.82 Å². The van der Waals surface area contributed by atoms with Crippen molar-refractivity contribution in [2.75, 3.05) is 0 Å². The van der Waals surface area contributed by atoms with Crippen LogP contribution < -0.4 is 17.0 Å². The second kappa shape index (κ2) is 6.82. The fourth-order valence-electron chi connectivity index (χ4n) is 3.82. The summed E-state index contributed by atoms with van der Waals surface area (Å²) in [6.45, 7) is 13.1. The van der Waals surface area contributed by atoms with E-state index in [4.69, 9.17) is 0 Å². The topological polar surface area (TPSA) is 19.7 Å². The highest BCUT2D eigenvalue weighted by Crippen LogP contribution is 2.27. The summed E-state index contributed by atoms with van der Waals surface area (Å²) >= 11 is 0. The van der Waals surface area contributed by atoms with E-state index in [2.05, 4.69) is 81.6 Å². The number of nitrogens with one attached hydrogen (secondary N) is 1. The first-order valence-corrected chi connectivity index (χ1v) is 8.14. The Hall–Kier alpha value is -2.06. The predicted octanol–water partition coefficient (Wildman–Crippen LogP) is 1.81. The minimum Gasteiger partial charge on any atom is -1.00 e. The van der Waals surface area contributed by atoms with Gasteiger partial charge in [-0.3, -0.25) is 0 Å². The van der Waals surface area contributed by atoms with Gasteiger partial charge in [-0.15, -0.1) is 0 Å². The third-order valence-electron chi connectivity index (χ3n) is 4.47. The van der Waals surface area contributed by atoms with Gasteiger partial charge in [-0.25, -0.2) is 4.98 Å². The van der Waals surface area contributed by atoms with Crippen molar-refractivity contribution in [1.29, 1.82) is 0 Å². The summed E-state index contributed by atoms with van der Waals surface area (Å²) in [7, 11) is 0. The van der Waals surface area contributed by atoms with Crippen molar-refractivity contribution < 1.29 is 17.0 Å². The van der Waals surface area contributed by atoms with E-state index in [1.807, 2.05) is 6.20 Å². The maximum Gasteiger partial charge on any atom is 0.292 e. The third-order valence-corrected chi connectivity index (χ3v) is 4.47. The van der Waals surface area contributed by atoms with Crippen molar-refractivity contribution in [3.8, 4) is 17.1 Å². The molecule has 0 spiro atoms. The van der Waals surface area contributed by atoms with E-state index >= 15 is 0 Å². The average Bonchev–Trinajstić information content (AvgIpc) is 2.85. The molecule has 0 radical (unpaired) electrons. The lowest BCUT2D eigenvalue weighted by atomic mass is 9.98. The number of aromatic amines is 1. The van der Waals surface area contributed by atoms with Crippen LogP contribution in [0.2, 0.25) is 0 Å². The lowest BCUT2D eigenvalue weighted by Gasteiger charge is -2.12. The summed E-state index contributed by atoms with van der Waals surface area (Å²) < 4.78 is 2.29. The number of hydrogen-bond donors (Lipinski definition) is 1. The molecule has 0 amide bonds. The van der Waals surface area contributed by atoms with Crippen LogP contribution in [-0.2, 0) is 0 Å². The Labute approximate surface area is 151 Å². The molecule has 0 unspecified atom stereocenters. The maximum absolute atomic E-state index is 3.45. The van der Waals surface area contributed by atoms with Gasteiger partial charge < -0.3 is 12.4 Å². The van der Waals surface area contributed by atoms with Gasteiger partial charge in [0.1, 0.15) is 18.1 Å². The first-order valence-electron chi connectivity index (χ1n) is 8.14. The van der Waals surface area contributed by atoms with Crippen LogP contribution in [0.3, 0.4) is 0 Å². The quantitative estimate of drug-likeness (QED) is 0.687. The Balaban J connectivity index is 0.00000208. The predicted molar refractivity (Wildman–Crippen MR) is 96.2 cm³/mol. The lowest BCUT2D eigenvalue weighted by molar-refractivity contribution is -0.583. The summed E-state index contributed by atoms with van der Waals surface area (Å²) in [4.78, 5) is 3.45. The highest BCUT2D eigenvalue weighted by molar-refractivity contribution is 5.64. The fourth-order valence-corrected chi connectivity index (χ4v) is 3.82. The van der Waals surface area contributed by atoms with Gasteiger partial charge in [0.05, 0.1) is 5.56 Å². The second-order valence-electron chi connectivity index (χ2n) is 6.70. The lowest BCUT2D eigenvalue weighted by Crippen LogP contribution is -3.00. The monoisotopic (exact) mass is 340 g/mol. The van der Waals surface area contributed by atoms with Crippen LogP contribution in [-0.4, -0.2) is 4.98 Å². The molecule has 0 aliphatic rings. The standard InChI is InChI=1S/C21H24N2.ClH/c1-13-9-15(3)19(16(4)10-13)21-22-7-8-23(21)20-17(5)11-14(2)12-18(20)6;/h7-12H,1-6H3;1H.